The lowest BCUT2D eigenvalue weighted by atomic mass is 10.0. The molecule has 2 atom stereocenters. The number of rotatable bonds is 4. The summed E-state index contributed by atoms with van der Waals surface area (Å²) in [5, 5.41) is 6.33. The zero-order valence-electron chi connectivity index (χ0n) is 10.9. The van der Waals surface area contributed by atoms with Crippen molar-refractivity contribution in [2.45, 2.75) is 38.6 Å². The van der Waals surface area contributed by atoms with Crippen molar-refractivity contribution in [3.05, 3.63) is 0 Å². The number of amides is 1. The highest BCUT2D eigenvalue weighted by molar-refractivity contribution is 5.82. The SMILES string of the molecule is CC1CCNC1C(=O)NCCN1CCCCC1. The summed E-state index contributed by atoms with van der Waals surface area (Å²) in [6.07, 6.45) is 5.11. The first-order chi connectivity index (χ1) is 8.27. The predicted octanol–water partition coefficient (Wildman–Crippen LogP) is 0.587. The molecule has 0 saturated carbocycles. The molecule has 2 heterocycles. The molecule has 4 nitrogen and oxygen atoms in total. The van der Waals surface area contributed by atoms with Crippen molar-refractivity contribution in [3.63, 3.8) is 0 Å². The minimum atomic E-state index is 0.0383. The van der Waals surface area contributed by atoms with Crippen LogP contribution in [0.2, 0.25) is 0 Å². The van der Waals surface area contributed by atoms with E-state index in [0.717, 1.165) is 26.1 Å². The highest BCUT2D eigenvalue weighted by Gasteiger charge is 2.28. The maximum absolute atomic E-state index is 11.9. The van der Waals surface area contributed by atoms with Crippen LogP contribution in [0.15, 0.2) is 0 Å². The molecule has 2 rings (SSSR count). The van der Waals surface area contributed by atoms with Crippen LogP contribution in [0.3, 0.4) is 0 Å². The van der Waals surface area contributed by atoms with E-state index < -0.39 is 0 Å². The highest BCUT2D eigenvalue weighted by atomic mass is 16.2. The molecule has 0 aromatic carbocycles. The van der Waals surface area contributed by atoms with E-state index in [1.54, 1.807) is 0 Å². The molecule has 2 saturated heterocycles. The number of carbonyl (C=O) groups is 1. The molecule has 4 heteroatoms. The lowest BCUT2D eigenvalue weighted by Crippen LogP contribution is -2.46. The van der Waals surface area contributed by atoms with Gasteiger partial charge < -0.3 is 15.5 Å². The normalized spacial score (nSPS) is 30.4. The fourth-order valence-corrected chi connectivity index (χ4v) is 2.82. The van der Waals surface area contributed by atoms with E-state index in [9.17, 15) is 4.79 Å². The van der Waals surface area contributed by atoms with Crippen molar-refractivity contribution in [2.75, 3.05) is 32.7 Å². The molecule has 0 spiro atoms. The summed E-state index contributed by atoms with van der Waals surface area (Å²) in [7, 11) is 0. The Balaban J connectivity index is 1.62. The van der Waals surface area contributed by atoms with Gasteiger partial charge in [0.15, 0.2) is 0 Å². The number of nitrogens with zero attached hydrogens (tertiary/aromatic N) is 1. The van der Waals surface area contributed by atoms with Crippen molar-refractivity contribution in [1.29, 1.82) is 0 Å². The molecule has 0 bridgehead atoms. The van der Waals surface area contributed by atoms with Gasteiger partial charge in [-0.15, -0.1) is 0 Å². The van der Waals surface area contributed by atoms with Crippen LogP contribution in [-0.2, 0) is 4.79 Å². The summed E-state index contributed by atoms with van der Waals surface area (Å²) >= 11 is 0. The summed E-state index contributed by atoms with van der Waals surface area (Å²) in [6.45, 7) is 7.33. The quantitative estimate of drug-likeness (QED) is 0.754. The molecule has 2 unspecified atom stereocenters. The Morgan fingerprint density at radius 1 is 1.35 bits per heavy atom. The lowest BCUT2D eigenvalue weighted by Gasteiger charge is -2.26. The van der Waals surface area contributed by atoms with Gasteiger partial charge >= 0.3 is 0 Å². The summed E-state index contributed by atoms with van der Waals surface area (Å²) in [6, 6.07) is 0.0383. The number of piperidine rings is 1. The van der Waals surface area contributed by atoms with Crippen LogP contribution >= 0.6 is 0 Å². The molecule has 17 heavy (non-hydrogen) atoms. The maximum atomic E-state index is 11.9. The van der Waals surface area contributed by atoms with E-state index >= 15 is 0 Å². The standard InChI is InChI=1S/C13H25N3O/c1-11-5-6-14-12(11)13(17)15-7-10-16-8-3-2-4-9-16/h11-12,14H,2-10H2,1H3,(H,15,17). The van der Waals surface area contributed by atoms with Crippen molar-refractivity contribution in [3.8, 4) is 0 Å². The number of carbonyl (C=O) groups excluding carboxylic acids is 1. The Morgan fingerprint density at radius 2 is 2.12 bits per heavy atom. The third-order valence-corrected chi connectivity index (χ3v) is 3.99. The molecule has 2 aliphatic rings. The Kier molecular flexibility index (Phi) is 4.80. The van der Waals surface area contributed by atoms with Gasteiger partial charge in [0, 0.05) is 13.1 Å². The molecule has 0 aliphatic carbocycles. The Hall–Kier alpha value is -0.610. The van der Waals surface area contributed by atoms with Crippen molar-refractivity contribution in [1.82, 2.24) is 15.5 Å². The zero-order chi connectivity index (χ0) is 12.1. The van der Waals surface area contributed by atoms with Crippen LogP contribution in [0.4, 0.5) is 0 Å². The molecule has 2 aliphatic heterocycles. The van der Waals surface area contributed by atoms with E-state index in [2.05, 4.69) is 22.5 Å². The van der Waals surface area contributed by atoms with Crippen LogP contribution in [0, 0.1) is 5.92 Å². The van der Waals surface area contributed by atoms with E-state index in [1.807, 2.05) is 0 Å². The van der Waals surface area contributed by atoms with Gasteiger partial charge in [-0.2, -0.15) is 0 Å². The third-order valence-electron chi connectivity index (χ3n) is 3.99. The molecule has 0 aromatic rings. The van der Waals surface area contributed by atoms with Crippen molar-refractivity contribution < 1.29 is 4.79 Å². The lowest BCUT2D eigenvalue weighted by molar-refractivity contribution is -0.123. The molecule has 0 radical (unpaired) electrons. The average Bonchev–Trinajstić information content (AvgIpc) is 2.77. The molecule has 2 N–H and O–H groups in total. The number of nitrogens with one attached hydrogen (secondary N) is 2. The topological polar surface area (TPSA) is 44.4 Å². The second kappa shape index (κ2) is 6.36. The average molecular weight is 239 g/mol. The first-order valence-corrected chi connectivity index (χ1v) is 7.01. The van der Waals surface area contributed by atoms with Crippen molar-refractivity contribution in [2.24, 2.45) is 5.92 Å². The van der Waals surface area contributed by atoms with Gasteiger partial charge in [0.1, 0.15) is 0 Å². The summed E-state index contributed by atoms with van der Waals surface area (Å²) in [5.74, 6) is 0.664. The highest BCUT2D eigenvalue weighted by Crippen LogP contribution is 2.14. The van der Waals surface area contributed by atoms with Gasteiger partial charge in [-0.3, -0.25) is 4.79 Å². The number of hydrogen-bond donors (Lipinski definition) is 2. The second-order valence-electron chi connectivity index (χ2n) is 5.39. The minimum Gasteiger partial charge on any atom is -0.353 e. The van der Waals surface area contributed by atoms with Crippen LogP contribution in [0.25, 0.3) is 0 Å². The minimum absolute atomic E-state index is 0.0383. The molecule has 2 fully saturated rings. The van der Waals surface area contributed by atoms with Gasteiger partial charge in [0.2, 0.25) is 5.91 Å². The first kappa shape index (κ1) is 12.8. The van der Waals surface area contributed by atoms with Crippen LogP contribution < -0.4 is 10.6 Å². The third kappa shape index (κ3) is 3.68. The summed E-state index contributed by atoms with van der Waals surface area (Å²) in [5.41, 5.74) is 0. The van der Waals surface area contributed by atoms with E-state index in [-0.39, 0.29) is 11.9 Å². The second-order valence-corrected chi connectivity index (χ2v) is 5.39. The van der Waals surface area contributed by atoms with E-state index in [1.165, 1.54) is 32.4 Å². The van der Waals surface area contributed by atoms with Crippen LogP contribution in [0.1, 0.15) is 32.6 Å². The van der Waals surface area contributed by atoms with Crippen LogP contribution in [-0.4, -0.2) is 49.6 Å². The zero-order valence-corrected chi connectivity index (χ0v) is 10.9. The maximum Gasteiger partial charge on any atom is 0.237 e. The monoisotopic (exact) mass is 239 g/mol. The van der Waals surface area contributed by atoms with E-state index in [4.69, 9.17) is 0 Å². The molecule has 1 amide bonds. The fourth-order valence-electron chi connectivity index (χ4n) is 2.82. The van der Waals surface area contributed by atoms with Gasteiger partial charge in [-0.1, -0.05) is 13.3 Å². The van der Waals surface area contributed by atoms with Gasteiger partial charge in [0.25, 0.3) is 0 Å². The largest absolute Gasteiger partial charge is 0.353 e. The molecule has 0 aromatic heterocycles. The Bertz CT molecular complexity index is 251. The molecular formula is C13H25N3O. The summed E-state index contributed by atoms with van der Waals surface area (Å²) < 4.78 is 0. The molecular weight excluding hydrogens is 214 g/mol. The predicted molar refractivity (Wildman–Crippen MR) is 68.9 cm³/mol. The first-order valence-electron chi connectivity index (χ1n) is 7.01. The fraction of sp³-hybridized carbons (Fsp3) is 0.923. The summed E-state index contributed by atoms with van der Waals surface area (Å²) in [4.78, 5) is 14.4. The van der Waals surface area contributed by atoms with Crippen LogP contribution in [0.5, 0.6) is 0 Å². The smallest absolute Gasteiger partial charge is 0.237 e. The Morgan fingerprint density at radius 3 is 2.76 bits per heavy atom. The van der Waals surface area contributed by atoms with E-state index in [0.29, 0.717) is 5.92 Å². The van der Waals surface area contributed by atoms with Crippen molar-refractivity contribution >= 4 is 5.91 Å². The number of hydrogen-bond acceptors (Lipinski definition) is 3. The molecule has 98 valence electrons. The van der Waals surface area contributed by atoms with Gasteiger partial charge in [0.05, 0.1) is 6.04 Å². The van der Waals surface area contributed by atoms with Gasteiger partial charge in [-0.05, 0) is 44.8 Å². The van der Waals surface area contributed by atoms with Gasteiger partial charge in [-0.25, -0.2) is 0 Å². The number of likely N-dealkylation sites (tertiary alicyclic amines) is 1. The Labute approximate surface area is 104 Å².